The van der Waals surface area contributed by atoms with E-state index in [0.717, 1.165) is 28.1 Å². The van der Waals surface area contributed by atoms with Crippen molar-refractivity contribution in [1.82, 2.24) is 20.1 Å². The Morgan fingerprint density at radius 1 is 1.29 bits per heavy atom. The zero-order valence-electron chi connectivity index (χ0n) is 15.8. The van der Waals surface area contributed by atoms with E-state index < -0.39 is 0 Å². The van der Waals surface area contributed by atoms with Crippen LogP contribution in [0.15, 0.2) is 56.7 Å². The fourth-order valence-electron chi connectivity index (χ4n) is 2.99. The number of rotatable bonds is 6. The highest BCUT2D eigenvalue weighted by Gasteiger charge is 2.18. The first-order valence-electron chi connectivity index (χ1n) is 8.87. The molecule has 0 aliphatic heterocycles. The van der Waals surface area contributed by atoms with Gasteiger partial charge in [0.2, 0.25) is 5.91 Å². The topological polar surface area (TPSA) is 86.1 Å². The second-order valence-corrected chi connectivity index (χ2v) is 7.46. The van der Waals surface area contributed by atoms with Crippen molar-refractivity contribution in [1.29, 1.82) is 0 Å². The van der Waals surface area contributed by atoms with Crippen LogP contribution < -0.4 is 5.32 Å². The lowest BCUT2D eigenvalue weighted by Gasteiger charge is -2.11. The Balaban J connectivity index is 1.38. The van der Waals surface area contributed by atoms with Gasteiger partial charge in [-0.1, -0.05) is 30.0 Å². The Morgan fingerprint density at radius 3 is 2.86 bits per heavy atom. The van der Waals surface area contributed by atoms with Crippen molar-refractivity contribution >= 4 is 28.6 Å². The first-order valence-corrected chi connectivity index (χ1v) is 9.86. The summed E-state index contributed by atoms with van der Waals surface area (Å²) in [6.07, 6.45) is 1.62. The van der Waals surface area contributed by atoms with E-state index >= 15 is 0 Å². The molecule has 0 aliphatic rings. The summed E-state index contributed by atoms with van der Waals surface area (Å²) >= 11 is 1.34. The van der Waals surface area contributed by atoms with E-state index in [1.807, 2.05) is 61.9 Å². The molecule has 0 spiro atoms. The molecule has 0 radical (unpaired) electrons. The molecule has 0 saturated carbocycles. The number of carbonyl (C=O) groups excluding carboxylic acids is 1. The van der Waals surface area contributed by atoms with Gasteiger partial charge >= 0.3 is 0 Å². The van der Waals surface area contributed by atoms with Gasteiger partial charge in [-0.25, -0.2) is 0 Å². The summed E-state index contributed by atoms with van der Waals surface area (Å²) < 4.78 is 13.0. The molecule has 4 aromatic rings. The summed E-state index contributed by atoms with van der Waals surface area (Å²) in [7, 11) is 1.87. The van der Waals surface area contributed by atoms with Crippen molar-refractivity contribution in [3.8, 4) is 11.4 Å². The van der Waals surface area contributed by atoms with Crippen LogP contribution in [-0.2, 0) is 11.8 Å². The summed E-state index contributed by atoms with van der Waals surface area (Å²) in [5.74, 6) is 2.37. The van der Waals surface area contributed by atoms with Gasteiger partial charge < -0.3 is 18.7 Å². The first kappa shape index (κ1) is 18.4. The van der Waals surface area contributed by atoms with Gasteiger partial charge in [0.15, 0.2) is 11.0 Å². The Morgan fingerprint density at radius 2 is 2.11 bits per heavy atom. The van der Waals surface area contributed by atoms with Crippen molar-refractivity contribution in [2.45, 2.75) is 25.0 Å². The maximum absolute atomic E-state index is 12.4. The molecule has 1 N–H and O–H groups in total. The zero-order chi connectivity index (χ0) is 19.7. The third-order valence-electron chi connectivity index (χ3n) is 4.52. The van der Waals surface area contributed by atoms with Gasteiger partial charge in [0.05, 0.1) is 23.6 Å². The molecule has 28 heavy (non-hydrogen) atoms. The average molecular weight is 396 g/mol. The summed E-state index contributed by atoms with van der Waals surface area (Å²) in [6.45, 7) is 3.78. The maximum atomic E-state index is 12.4. The molecule has 0 saturated heterocycles. The maximum Gasteiger partial charge on any atom is 0.231 e. The number of aromatic nitrogens is 3. The van der Waals surface area contributed by atoms with Gasteiger partial charge in [0.1, 0.15) is 17.1 Å². The van der Waals surface area contributed by atoms with Crippen molar-refractivity contribution < 1.29 is 13.6 Å². The molecule has 0 unspecified atom stereocenters. The van der Waals surface area contributed by atoms with E-state index in [0.29, 0.717) is 11.0 Å². The number of nitrogens with zero attached hydrogens (tertiary/aromatic N) is 3. The van der Waals surface area contributed by atoms with Crippen LogP contribution in [0.25, 0.3) is 22.4 Å². The Kier molecular flexibility index (Phi) is 4.95. The van der Waals surface area contributed by atoms with Crippen molar-refractivity contribution in [2.24, 2.45) is 7.05 Å². The number of hydrogen-bond acceptors (Lipinski definition) is 6. The molecule has 0 aliphatic carbocycles. The van der Waals surface area contributed by atoms with Crippen LogP contribution in [0.3, 0.4) is 0 Å². The van der Waals surface area contributed by atoms with E-state index in [4.69, 9.17) is 8.83 Å². The number of benzene rings is 1. The quantitative estimate of drug-likeness (QED) is 0.494. The standard InChI is InChI=1S/C20H20N4O3S/c1-12(17-10-14-6-4-5-7-16(14)27-17)21-18(25)11-28-20-23-22-19(24(20)3)15-8-9-26-13(15)2/h4-10,12H,11H2,1-3H3,(H,21,25)/t12-/m1/s1. The molecular weight excluding hydrogens is 376 g/mol. The molecule has 8 heteroatoms. The molecule has 3 aromatic heterocycles. The Labute approximate surface area is 166 Å². The summed E-state index contributed by atoms with van der Waals surface area (Å²) in [4.78, 5) is 12.4. The Bertz CT molecular complexity index is 1090. The normalized spacial score (nSPS) is 12.4. The molecule has 144 valence electrons. The second-order valence-electron chi connectivity index (χ2n) is 6.52. The summed E-state index contributed by atoms with van der Waals surface area (Å²) in [5, 5.41) is 13.1. The van der Waals surface area contributed by atoms with Crippen LogP contribution in [0.1, 0.15) is 24.5 Å². The van der Waals surface area contributed by atoms with Gasteiger partial charge in [-0.3, -0.25) is 4.79 Å². The van der Waals surface area contributed by atoms with E-state index in [1.165, 1.54) is 11.8 Å². The van der Waals surface area contributed by atoms with Gasteiger partial charge in [-0.2, -0.15) is 0 Å². The lowest BCUT2D eigenvalue weighted by Crippen LogP contribution is -2.28. The molecule has 1 atom stereocenters. The van der Waals surface area contributed by atoms with Crippen LogP contribution in [0.4, 0.5) is 0 Å². The molecule has 3 heterocycles. The van der Waals surface area contributed by atoms with Crippen molar-refractivity contribution in [2.75, 3.05) is 5.75 Å². The van der Waals surface area contributed by atoms with E-state index in [9.17, 15) is 4.79 Å². The minimum Gasteiger partial charge on any atom is -0.469 e. The fourth-order valence-corrected chi connectivity index (χ4v) is 3.71. The predicted molar refractivity (Wildman–Crippen MR) is 107 cm³/mol. The third-order valence-corrected chi connectivity index (χ3v) is 5.54. The number of carbonyl (C=O) groups is 1. The fraction of sp³-hybridized carbons (Fsp3) is 0.250. The third kappa shape index (κ3) is 3.55. The van der Waals surface area contributed by atoms with Crippen LogP contribution in [0, 0.1) is 6.92 Å². The summed E-state index contributed by atoms with van der Waals surface area (Å²) in [5.41, 5.74) is 1.71. The highest BCUT2D eigenvalue weighted by Crippen LogP contribution is 2.26. The van der Waals surface area contributed by atoms with Crippen molar-refractivity contribution in [3.63, 3.8) is 0 Å². The number of furan rings is 2. The lowest BCUT2D eigenvalue weighted by atomic mass is 10.2. The van der Waals surface area contributed by atoms with Gasteiger partial charge in [0, 0.05) is 12.4 Å². The minimum atomic E-state index is -0.218. The monoisotopic (exact) mass is 396 g/mol. The number of para-hydroxylation sites is 1. The highest BCUT2D eigenvalue weighted by molar-refractivity contribution is 7.99. The zero-order valence-corrected chi connectivity index (χ0v) is 16.6. The molecule has 0 bridgehead atoms. The smallest absolute Gasteiger partial charge is 0.231 e. The van der Waals surface area contributed by atoms with Gasteiger partial charge in [-0.05, 0) is 32.0 Å². The second kappa shape index (κ2) is 7.55. The molecular formula is C20H20N4O3S. The molecule has 1 amide bonds. The lowest BCUT2D eigenvalue weighted by molar-refractivity contribution is -0.119. The minimum absolute atomic E-state index is 0.0954. The van der Waals surface area contributed by atoms with Crippen LogP contribution in [0.5, 0.6) is 0 Å². The summed E-state index contributed by atoms with van der Waals surface area (Å²) in [6, 6.07) is 11.4. The first-order chi connectivity index (χ1) is 13.5. The van der Waals surface area contributed by atoms with Crippen LogP contribution >= 0.6 is 11.8 Å². The van der Waals surface area contributed by atoms with E-state index in [-0.39, 0.29) is 17.7 Å². The molecule has 7 nitrogen and oxygen atoms in total. The number of nitrogens with one attached hydrogen (secondary N) is 1. The Hall–Kier alpha value is -3.00. The predicted octanol–water partition coefficient (Wildman–Crippen LogP) is 4.10. The van der Waals surface area contributed by atoms with E-state index in [2.05, 4.69) is 15.5 Å². The number of fused-ring (bicyclic) bond motifs is 1. The van der Waals surface area contributed by atoms with Gasteiger partial charge in [0.25, 0.3) is 0 Å². The number of thioether (sulfide) groups is 1. The van der Waals surface area contributed by atoms with Crippen LogP contribution in [-0.4, -0.2) is 26.4 Å². The average Bonchev–Trinajstić information content (AvgIpc) is 3.38. The number of hydrogen-bond donors (Lipinski definition) is 1. The number of aryl methyl sites for hydroxylation is 1. The molecule has 1 aromatic carbocycles. The SMILES string of the molecule is Cc1occc1-c1nnc(SCC(=O)N[C@H](C)c2cc3ccccc3o2)n1C. The number of amides is 1. The molecule has 0 fully saturated rings. The van der Waals surface area contributed by atoms with Crippen LogP contribution in [0.2, 0.25) is 0 Å². The van der Waals surface area contributed by atoms with Crippen molar-refractivity contribution in [3.05, 3.63) is 54.2 Å². The van der Waals surface area contributed by atoms with Gasteiger partial charge in [-0.15, -0.1) is 10.2 Å². The highest BCUT2D eigenvalue weighted by atomic mass is 32.2. The molecule has 4 rings (SSSR count). The van der Waals surface area contributed by atoms with E-state index in [1.54, 1.807) is 6.26 Å². The largest absolute Gasteiger partial charge is 0.469 e.